The average molecular weight is 306 g/mol. The third kappa shape index (κ3) is 4.60. The van der Waals surface area contributed by atoms with Crippen LogP contribution in [0.2, 0.25) is 0 Å². The summed E-state index contributed by atoms with van der Waals surface area (Å²) >= 11 is 1.40. The predicted molar refractivity (Wildman–Crippen MR) is 81.9 cm³/mol. The molecule has 0 aliphatic carbocycles. The fraction of sp³-hybridized carbons (Fsp3) is 0.400. The van der Waals surface area contributed by atoms with Gasteiger partial charge in [-0.15, -0.1) is 11.8 Å². The topological polar surface area (TPSA) is 65.2 Å². The summed E-state index contributed by atoms with van der Waals surface area (Å²) in [5.41, 5.74) is 2.20. The Morgan fingerprint density at radius 3 is 2.71 bits per heavy atom. The number of esters is 1. The summed E-state index contributed by atoms with van der Waals surface area (Å²) in [5, 5.41) is 3.96. The average Bonchev–Trinajstić information content (AvgIpc) is 2.96. The van der Waals surface area contributed by atoms with Gasteiger partial charge >= 0.3 is 5.97 Å². The molecule has 0 saturated heterocycles. The number of aromatic nitrogens is 2. The minimum atomic E-state index is -0.225. The van der Waals surface area contributed by atoms with Crippen molar-refractivity contribution in [2.45, 2.75) is 26.0 Å². The Balaban J connectivity index is 1.90. The molecule has 0 aliphatic heterocycles. The monoisotopic (exact) mass is 306 g/mol. The molecule has 0 saturated carbocycles. The molecule has 0 unspecified atom stereocenters. The number of ether oxygens (including phenoxy) is 1. The van der Waals surface area contributed by atoms with E-state index in [4.69, 9.17) is 9.26 Å². The van der Waals surface area contributed by atoms with Crippen LogP contribution in [-0.2, 0) is 21.7 Å². The standard InChI is InChI=1S/C15H18N2O3S/c1-3-11-5-7-12(8-6-11)15-16-13(20-17-15)9-21-10-14(18)19-4-2/h5-8H,3-4,9-10H2,1-2H3. The molecule has 0 spiro atoms. The number of aryl methyl sites for hydroxylation is 1. The fourth-order valence-electron chi connectivity index (χ4n) is 1.74. The zero-order valence-corrected chi connectivity index (χ0v) is 13.0. The summed E-state index contributed by atoms with van der Waals surface area (Å²) < 4.78 is 10.0. The number of rotatable bonds is 7. The number of nitrogens with zero attached hydrogens (tertiary/aromatic N) is 2. The van der Waals surface area contributed by atoms with Crippen molar-refractivity contribution in [3.05, 3.63) is 35.7 Å². The Morgan fingerprint density at radius 2 is 2.05 bits per heavy atom. The van der Waals surface area contributed by atoms with Gasteiger partial charge in [-0.3, -0.25) is 4.79 Å². The molecule has 2 aromatic rings. The Morgan fingerprint density at radius 1 is 1.29 bits per heavy atom. The first-order chi connectivity index (χ1) is 10.2. The highest BCUT2D eigenvalue weighted by Crippen LogP contribution is 2.19. The summed E-state index contributed by atoms with van der Waals surface area (Å²) in [6, 6.07) is 8.08. The lowest BCUT2D eigenvalue weighted by Gasteiger charge is -1.99. The van der Waals surface area contributed by atoms with E-state index in [-0.39, 0.29) is 11.7 Å². The van der Waals surface area contributed by atoms with Gasteiger partial charge in [0.1, 0.15) is 0 Å². The second kappa shape index (κ2) is 7.83. The number of carbonyl (C=O) groups excluding carboxylic acids is 1. The lowest BCUT2D eigenvalue weighted by atomic mass is 10.1. The smallest absolute Gasteiger partial charge is 0.315 e. The van der Waals surface area contributed by atoms with Crippen LogP contribution in [0.3, 0.4) is 0 Å². The highest BCUT2D eigenvalue weighted by atomic mass is 32.2. The van der Waals surface area contributed by atoms with Crippen LogP contribution in [0.25, 0.3) is 11.4 Å². The van der Waals surface area contributed by atoms with Crippen molar-refractivity contribution in [3.63, 3.8) is 0 Å². The normalized spacial score (nSPS) is 10.6. The number of thioether (sulfide) groups is 1. The van der Waals surface area contributed by atoms with Crippen molar-refractivity contribution in [2.75, 3.05) is 12.4 Å². The van der Waals surface area contributed by atoms with E-state index < -0.39 is 0 Å². The molecule has 0 radical (unpaired) electrons. The molecule has 112 valence electrons. The van der Waals surface area contributed by atoms with Crippen molar-refractivity contribution in [2.24, 2.45) is 0 Å². The van der Waals surface area contributed by atoms with Gasteiger partial charge in [-0.25, -0.2) is 0 Å². The zero-order valence-electron chi connectivity index (χ0n) is 12.2. The quantitative estimate of drug-likeness (QED) is 0.732. The van der Waals surface area contributed by atoms with Crippen LogP contribution in [0.1, 0.15) is 25.3 Å². The maximum atomic E-state index is 11.2. The largest absolute Gasteiger partial charge is 0.465 e. The van der Waals surface area contributed by atoms with Gasteiger partial charge in [-0.1, -0.05) is 36.3 Å². The van der Waals surface area contributed by atoms with E-state index in [2.05, 4.69) is 29.2 Å². The van der Waals surface area contributed by atoms with E-state index >= 15 is 0 Å². The number of hydrogen-bond donors (Lipinski definition) is 0. The van der Waals surface area contributed by atoms with Gasteiger partial charge < -0.3 is 9.26 Å². The molecule has 0 amide bonds. The van der Waals surface area contributed by atoms with Crippen LogP contribution in [0.5, 0.6) is 0 Å². The Bertz CT molecular complexity index is 581. The molecular weight excluding hydrogens is 288 g/mol. The van der Waals surface area contributed by atoms with Crippen molar-refractivity contribution in [3.8, 4) is 11.4 Å². The molecule has 0 atom stereocenters. The van der Waals surface area contributed by atoms with Gasteiger partial charge in [0.05, 0.1) is 18.1 Å². The van der Waals surface area contributed by atoms with Crippen LogP contribution in [0.15, 0.2) is 28.8 Å². The summed E-state index contributed by atoms with van der Waals surface area (Å²) in [4.78, 5) is 15.5. The van der Waals surface area contributed by atoms with E-state index in [1.165, 1.54) is 17.3 Å². The molecule has 21 heavy (non-hydrogen) atoms. The highest BCUT2D eigenvalue weighted by molar-refractivity contribution is 7.99. The minimum absolute atomic E-state index is 0.225. The van der Waals surface area contributed by atoms with Crippen LogP contribution in [0, 0.1) is 0 Å². The van der Waals surface area contributed by atoms with E-state index in [0.717, 1.165) is 12.0 Å². The SMILES string of the molecule is CCOC(=O)CSCc1nc(-c2ccc(CC)cc2)no1. The third-order valence-electron chi connectivity index (χ3n) is 2.84. The predicted octanol–water partition coefficient (Wildman–Crippen LogP) is 3.10. The zero-order chi connectivity index (χ0) is 15.1. The minimum Gasteiger partial charge on any atom is -0.465 e. The van der Waals surface area contributed by atoms with E-state index in [1.807, 2.05) is 12.1 Å². The molecule has 2 rings (SSSR count). The molecule has 6 heteroatoms. The lowest BCUT2D eigenvalue weighted by molar-refractivity contribution is -0.139. The van der Waals surface area contributed by atoms with E-state index in [0.29, 0.717) is 24.1 Å². The summed E-state index contributed by atoms with van der Waals surface area (Å²) in [6.45, 7) is 4.30. The number of carbonyl (C=O) groups is 1. The molecule has 1 aromatic carbocycles. The van der Waals surface area contributed by atoms with Gasteiger partial charge in [-0.2, -0.15) is 4.98 Å². The van der Waals surface area contributed by atoms with Crippen molar-refractivity contribution < 1.29 is 14.1 Å². The fourth-order valence-corrected chi connectivity index (χ4v) is 2.39. The highest BCUT2D eigenvalue weighted by Gasteiger charge is 2.10. The number of benzene rings is 1. The van der Waals surface area contributed by atoms with Crippen LogP contribution < -0.4 is 0 Å². The molecule has 0 aliphatic rings. The van der Waals surface area contributed by atoms with Gasteiger partial charge in [0.25, 0.3) is 0 Å². The van der Waals surface area contributed by atoms with Gasteiger partial charge in [-0.05, 0) is 18.9 Å². The molecule has 0 N–H and O–H groups in total. The molecule has 0 fully saturated rings. The van der Waals surface area contributed by atoms with E-state index in [1.54, 1.807) is 6.92 Å². The van der Waals surface area contributed by atoms with Crippen molar-refractivity contribution >= 4 is 17.7 Å². The van der Waals surface area contributed by atoms with E-state index in [9.17, 15) is 4.79 Å². The molecular formula is C15H18N2O3S. The Hall–Kier alpha value is -1.82. The first kappa shape index (κ1) is 15.6. The molecule has 1 heterocycles. The maximum absolute atomic E-state index is 11.2. The van der Waals surface area contributed by atoms with Gasteiger partial charge in [0, 0.05) is 5.56 Å². The molecule has 1 aromatic heterocycles. The van der Waals surface area contributed by atoms with Crippen LogP contribution in [0.4, 0.5) is 0 Å². The summed E-state index contributed by atoms with van der Waals surface area (Å²) in [7, 11) is 0. The maximum Gasteiger partial charge on any atom is 0.315 e. The second-order valence-corrected chi connectivity index (χ2v) is 5.35. The first-order valence-electron chi connectivity index (χ1n) is 6.88. The first-order valence-corrected chi connectivity index (χ1v) is 8.03. The summed E-state index contributed by atoms with van der Waals surface area (Å²) in [5.74, 6) is 1.65. The van der Waals surface area contributed by atoms with Crippen LogP contribution >= 0.6 is 11.8 Å². The Kier molecular flexibility index (Phi) is 5.80. The van der Waals surface area contributed by atoms with Gasteiger partial charge in [0.15, 0.2) is 0 Å². The molecule has 5 nitrogen and oxygen atoms in total. The third-order valence-corrected chi connectivity index (χ3v) is 3.73. The second-order valence-electron chi connectivity index (χ2n) is 4.36. The van der Waals surface area contributed by atoms with Crippen molar-refractivity contribution in [1.29, 1.82) is 0 Å². The van der Waals surface area contributed by atoms with Crippen molar-refractivity contribution in [1.82, 2.24) is 10.1 Å². The summed E-state index contributed by atoms with van der Waals surface area (Å²) in [6.07, 6.45) is 1.00. The molecule has 0 bridgehead atoms. The number of hydrogen-bond acceptors (Lipinski definition) is 6. The van der Waals surface area contributed by atoms with Crippen LogP contribution in [-0.4, -0.2) is 28.5 Å². The lowest BCUT2D eigenvalue weighted by Crippen LogP contribution is -2.06. The van der Waals surface area contributed by atoms with Gasteiger partial charge in [0.2, 0.25) is 11.7 Å². The Labute approximate surface area is 128 Å².